The van der Waals surface area contributed by atoms with Gasteiger partial charge >= 0.3 is 19.4 Å². The third kappa shape index (κ3) is 8.14. The molecule has 1 unspecified atom stereocenters. The van der Waals surface area contributed by atoms with Crippen LogP contribution in [0.4, 0.5) is 0 Å². The largest absolute Gasteiger partial charge is 0.460 e. The molecule has 4 aromatic rings. The number of esters is 1. The number of aromatic amines is 1. The summed E-state index contributed by atoms with van der Waals surface area (Å²) in [4.78, 5) is 43.8. The van der Waals surface area contributed by atoms with Gasteiger partial charge in [-0.05, 0) is 48.1 Å². The van der Waals surface area contributed by atoms with Crippen LogP contribution in [0.25, 0.3) is 10.4 Å². The number of nitrogens with zero attached hydrogens (tertiary/aromatic N) is 4. The van der Waals surface area contributed by atoms with Crippen molar-refractivity contribution in [2.24, 2.45) is 5.11 Å². The van der Waals surface area contributed by atoms with Crippen molar-refractivity contribution in [2.45, 2.75) is 74.7 Å². The van der Waals surface area contributed by atoms with Gasteiger partial charge in [-0.15, -0.1) is 0 Å². The average molecular weight is 745 g/mol. The van der Waals surface area contributed by atoms with E-state index in [1.54, 1.807) is 54.6 Å². The lowest BCUT2D eigenvalue weighted by atomic mass is 10.1. The van der Waals surface area contributed by atoms with Crippen LogP contribution in [0.3, 0.4) is 0 Å². The predicted molar refractivity (Wildman–Crippen MR) is 188 cm³/mol. The van der Waals surface area contributed by atoms with Crippen molar-refractivity contribution < 1.29 is 37.4 Å². The van der Waals surface area contributed by atoms with Crippen LogP contribution < -0.4 is 20.9 Å². The molecule has 2 N–H and O–H groups in total. The predicted octanol–water partition coefficient (Wildman–Crippen LogP) is 5.27. The Hall–Kier alpha value is -5.05. The Labute approximate surface area is 303 Å². The second-order valence-corrected chi connectivity index (χ2v) is 14.6. The summed E-state index contributed by atoms with van der Waals surface area (Å²) in [6.07, 6.45) is 0.545. The zero-order valence-corrected chi connectivity index (χ0v) is 29.3. The summed E-state index contributed by atoms with van der Waals surface area (Å²) >= 11 is 0. The van der Waals surface area contributed by atoms with E-state index in [0.29, 0.717) is 12.8 Å². The Morgan fingerprint density at radius 1 is 0.962 bits per heavy atom. The van der Waals surface area contributed by atoms with E-state index in [2.05, 4.69) is 20.1 Å². The fourth-order valence-electron chi connectivity index (χ4n) is 6.77. The fourth-order valence-corrected chi connectivity index (χ4v) is 8.28. The maximum absolute atomic E-state index is 14.9. The summed E-state index contributed by atoms with van der Waals surface area (Å²) in [5.41, 5.74) is 7.84. The van der Waals surface area contributed by atoms with Crippen molar-refractivity contribution in [3.8, 4) is 5.75 Å². The minimum absolute atomic E-state index is 0.0410. The summed E-state index contributed by atoms with van der Waals surface area (Å²) in [6, 6.07) is 26.2. The molecule has 1 spiro atoms. The molecule has 3 fully saturated rings. The first-order valence-electron chi connectivity index (χ1n) is 17.1. The van der Waals surface area contributed by atoms with E-state index in [0.717, 1.165) is 34.6 Å². The Kier molecular flexibility index (Phi) is 10.6. The van der Waals surface area contributed by atoms with Gasteiger partial charge in [-0.2, -0.15) is 5.09 Å². The van der Waals surface area contributed by atoms with E-state index < -0.39 is 67.6 Å². The lowest BCUT2D eigenvalue weighted by Gasteiger charge is -2.33. The molecule has 0 bridgehead atoms. The number of ether oxygens (including phenoxy) is 4. The number of rotatable bonds is 14. The molecule has 1 aliphatic carbocycles. The van der Waals surface area contributed by atoms with E-state index >= 15 is 0 Å². The zero-order valence-electron chi connectivity index (χ0n) is 28.4. The second kappa shape index (κ2) is 15.5. The standard InChI is InChI=1S/C36H37N6O10P/c37-41-40-36(31-30(49-35(50-31)19-10-11-20-35)32(51-36)42-21-18-29(43)38-34(42)45)24-48-53(46,52-27-16-8-3-9-17-27)39-28(22-25-12-4-1-5-13-25)33(44)47-23-26-14-6-2-7-15-26/h1-9,12-18,21,28,30-32H,10-11,19-20,22-24H2,(H,39,46)(H,38,43,45)/t28-,30+,31-,32+,36+,53?/m0/s1. The first kappa shape index (κ1) is 36.3. The molecule has 2 saturated heterocycles. The van der Waals surface area contributed by atoms with Crippen LogP contribution in [-0.4, -0.2) is 51.9 Å². The first-order valence-corrected chi connectivity index (χ1v) is 18.7. The van der Waals surface area contributed by atoms with Crippen molar-refractivity contribution in [1.29, 1.82) is 0 Å². The van der Waals surface area contributed by atoms with Crippen LogP contribution in [0.1, 0.15) is 43.0 Å². The van der Waals surface area contributed by atoms with Crippen molar-refractivity contribution in [3.05, 3.63) is 146 Å². The van der Waals surface area contributed by atoms with E-state index in [-0.39, 0.29) is 18.8 Å². The Bertz CT molecular complexity index is 2110. The van der Waals surface area contributed by atoms with E-state index in [1.807, 2.05) is 36.4 Å². The van der Waals surface area contributed by atoms with E-state index in [1.165, 1.54) is 6.20 Å². The number of para-hydroxylation sites is 1. The lowest BCUT2D eigenvalue weighted by molar-refractivity contribution is -0.237. The number of fused-ring (bicyclic) bond motifs is 1. The van der Waals surface area contributed by atoms with Gasteiger partial charge in [0.15, 0.2) is 12.0 Å². The van der Waals surface area contributed by atoms with E-state index in [9.17, 15) is 24.5 Å². The molecule has 17 heteroatoms. The summed E-state index contributed by atoms with van der Waals surface area (Å²) in [7, 11) is -4.61. The molecule has 3 heterocycles. The summed E-state index contributed by atoms with van der Waals surface area (Å²) in [6.45, 7) is -0.778. The molecule has 0 amide bonds. The fraction of sp³-hybridized carbons (Fsp3) is 0.361. The number of carbonyl (C=O) groups excluding carboxylic acids is 1. The molecule has 16 nitrogen and oxygen atoms in total. The van der Waals surface area contributed by atoms with Gasteiger partial charge in [-0.25, -0.2) is 9.36 Å². The van der Waals surface area contributed by atoms with Gasteiger partial charge in [0, 0.05) is 30.0 Å². The van der Waals surface area contributed by atoms with Gasteiger partial charge in [0.05, 0.1) is 6.61 Å². The number of azide groups is 1. The van der Waals surface area contributed by atoms with Crippen molar-refractivity contribution in [1.82, 2.24) is 14.6 Å². The first-order chi connectivity index (χ1) is 25.7. The molecular formula is C36H37N6O10P. The van der Waals surface area contributed by atoms with Crippen LogP contribution in [0.5, 0.6) is 5.75 Å². The maximum atomic E-state index is 14.9. The van der Waals surface area contributed by atoms with Crippen molar-refractivity contribution in [2.75, 3.05) is 6.61 Å². The summed E-state index contributed by atoms with van der Waals surface area (Å²) < 4.78 is 53.0. The number of nitrogens with one attached hydrogen (secondary N) is 2. The van der Waals surface area contributed by atoms with Gasteiger partial charge in [0.25, 0.3) is 5.56 Å². The normalized spacial score (nSPS) is 24.5. The molecule has 0 radical (unpaired) electrons. The van der Waals surface area contributed by atoms with Gasteiger partial charge in [-0.1, -0.05) is 84.0 Å². The Morgan fingerprint density at radius 3 is 2.28 bits per heavy atom. The number of aromatic nitrogens is 2. The van der Waals surface area contributed by atoms with Gasteiger partial charge in [0.1, 0.15) is 30.6 Å². The molecule has 7 rings (SSSR count). The number of H-pyrrole nitrogens is 1. The topological polar surface area (TPSA) is 205 Å². The highest BCUT2D eigenvalue weighted by atomic mass is 31.2. The molecule has 3 aromatic carbocycles. The highest BCUT2D eigenvalue weighted by Crippen LogP contribution is 2.55. The minimum atomic E-state index is -4.61. The zero-order chi connectivity index (χ0) is 36.9. The van der Waals surface area contributed by atoms with Crippen molar-refractivity contribution >= 4 is 13.7 Å². The quantitative estimate of drug-likeness (QED) is 0.0559. The smallest absolute Gasteiger partial charge is 0.459 e. The summed E-state index contributed by atoms with van der Waals surface area (Å²) in [5, 5.41) is 6.77. The van der Waals surface area contributed by atoms with Crippen LogP contribution in [-0.2, 0) is 45.9 Å². The third-order valence-corrected chi connectivity index (χ3v) is 10.8. The SMILES string of the molecule is [N-]=[N+]=N[C@]1(COP(=O)(N[C@@H](Cc2ccccc2)C(=O)OCc2ccccc2)Oc2ccccc2)O[C@@H](n2ccc(=O)[nH]c2=O)[C@@H]2OC3(CCCC3)O[C@@H]21. The lowest BCUT2D eigenvalue weighted by Crippen LogP contribution is -2.46. The Morgan fingerprint density at radius 2 is 1.62 bits per heavy atom. The van der Waals surface area contributed by atoms with Crippen LogP contribution in [0, 0.1) is 0 Å². The molecular weight excluding hydrogens is 707 g/mol. The van der Waals surface area contributed by atoms with Crippen LogP contribution in [0.2, 0.25) is 0 Å². The molecule has 1 aromatic heterocycles. The maximum Gasteiger partial charge on any atom is 0.459 e. The number of hydrogen-bond acceptors (Lipinski definition) is 11. The van der Waals surface area contributed by atoms with Crippen LogP contribution in [0.15, 0.2) is 118 Å². The van der Waals surface area contributed by atoms with E-state index in [4.69, 9.17) is 28.0 Å². The molecule has 2 aliphatic heterocycles. The highest BCUT2D eigenvalue weighted by molar-refractivity contribution is 7.52. The van der Waals surface area contributed by atoms with Crippen molar-refractivity contribution in [3.63, 3.8) is 0 Å². The molecule has 53 heavy (non-hydrogen) atoms. The van der Waals surface area contributed by atoms with Crippen LogP contribution >= 0.6 is 7.75 Å². The number of benzene rings is 3. The molecule has 6 atom stereocenters. The minimum Gasteiger partial charge on any atom is -0.460 e. The monoisotopic (exact) mass is 744 g/mol. The van der Waals surface area contributed by atoms with Gasteiger partial charge in [0.2, 0.25) is 5.72 Å². The average Bonchev–Trinajstić information content (AvgIpc) is 3.86. The van der Waals surface area contributed by atoms with Gasteiger partial charge < -0.3 is 23.5 Å². The third-order valence-electron chi connectivity index (χ3n) is 9.26. The van der Waals surface area contributed by atoms with Gasteiger partial charge in [-0.3, -0.25) is 23.7 Å². The second-order valence-electron chi connectivity index (χ2n) is 12.9. The Balaban J connectivity index is 1.22. The molecule has 276 valence electrons. The molecule has 1 saturated carbocycles. The molecule has 3 aliphatic rings. The summed E-state index contributed by atoms with van der Waals surface area (Å²) in [5.74, 6) is -1.63. The highest BCUT2D eigenvalue weighted by Gasteiger charge is 2.66. The number of carbonyl (C=O) groups is 1. The number of hydrogen-bond donors (Lipinski definition) is 2.